The maximum absolute atomic E-state index is 13.8. The van der Waals surface area contributed by atoms with Gasteiger partial charge in [-0.3, -0.25) is 0 Å². The van der Waals surface area contributed by atoms with Crippen molar-refractivity contribution in [2.24, 2.45) is 0 Å². The SMILES string of the molecule is CCCCCCCCC=CCCCCCCCC[N+](CCCCCCCCCCCCCCCC)(CCCCCCCCCCCCCCCCCC)C(=O)OCC. The molecule has 1 unspecified atom stereocenters. The first kappa shape index (κ1) is 57.2. The molecular weight excluding hydrogens is 707 g/mol. The van der Waals surface area contributed by atoms with Gasteiger partial charge in [0.05, 0.1) is 26.2 Å². The average molecular weight is 817 g/mol. The van der Waals surface area contributed by atoms with Crippen LogP contribution in [-0.4, -0.2) is 36.8 Å². The monoisotopic (exact) mass is 817 g/mol. The summed E-state index contributed by atoms with van der Waals surface area (Å²) in [6, 6.07) is 0. The minimum absolute atomic E-state index is 0.0749. The summed E-state index contributed by atoms with van der Waals surface area (Å²) in [6.45, 7) is 12.4. The Kier molecular flexibility index (Phi) is 48.1. The van der Waals surface area contributed by atoms with Gasteiger partial charge in [0.1, 0.15) is 0 Å². The highest BCUT2D eigenvalue weighted by molar-refractivity contribution is 5.59. The maximum atomic E-state index is 13.8. The number of nitrogens with zero attached hydrogens (tertiary/aromatic N) is 1. The second-order valence-corrected chi connectivity index (χ2v) is 18.9. The highest BCUT2D eigenvalue weighted by atomic mass is 16.6. The van der Waals surface area contributed by atoms with Crippen LogP contribution in [0.15, 0.2) is 12.2 Å². The minimum atomic E-state index is 0.0749. The van der Waals surface area contributed by atoms with Gasteiger partial charge in [0.15, 0.2) is 0 Å². The van der Waals surface area contributed by atoms with Crippen molar-refractivity contribution in [3.05, 3.63) is 12.2 Å². The van der Waals surface area contributed by atoms with Gasteiger partial charge in [-0.15, -0.1) is 0 Å². The van der Waals surface area contributed by atoms with E-state index in [0.717, 1.165) is 26.1 Å². The number of rotatable bonds is 49. The summed E-state index contributed by atoms with van der Waals surface area (Å²) in [6.07, 6.45) is 65.1. The first-order chi connectivity index (χ1) is 28.7. The van der Waals surface area contributed by atoms with Crippen LogP contribution in [0.5, 0.6) is 0 Å². The molecule has 0 rings (SSSR count). The number of amides is 1. The van der Waals surface area contributed by atoms with Crippen LogP contribution >= 0.6 is 0 Å². The minimum Gasteiger partial charge on any atom is -0.420 e. The predicted octanol–water partition coefficient (Wildman–Crippen LogP) is 19.7. The smallest absolute Gasteiger partial charge is 0.420 e. The molecule has 0 aliphatic heterocycles. The summed E-state index contributed by atoms with van der Waals surface area (Å²) in [4.78, 5) is 13.8. The number of allylic oxidation sites excluding steroid dienone is 2. The lowest BCUT2D eigenvalue weighted by Crippen LogP contribution is -2.55. The molecule has 0 aliphatic carbocycles. The predicted molar refractivity (Wildman–Crippen MR) is 261 cm³/mol. The molecule has 0 heterocycles. The van der Waals surface area contributed by atoms with E-state index >= 15 is 0 Å². The first-order valence-electron chi connectivity index (χ1n) is 27.3. The van der Waals surface area contributed by atoms with Crippen molar-refractivity contribution in [3.63, 3.8) is 0 Å². The molecule has 1 atom stereocenters. The van der Waals surface area contributed by atoms with Crippen molar-refractivity contribution in [1.82, 2.24) is 0 Å². The number of ether oxygens (including phenoxy) is 1. The molecule has 0 N–H and O–H groups in total. The molecule has 58 heavy (non-hydrogen) atoms. The van der Waals surface area contributed by atoms with Gasteiger partial charge in [0.25, 0.3) is 0 Å². The quantitative estimate of drug-likeness (QED) is 0.0347. The largest absolute Gasteiger partial charge is 0.516 e. The summed E-state index contributed by atoms with van der Waals surface area (Å²) in [5, 5.41) is 0. The molecule has 3 heteroatoms. The molecule has 0 spiro atoms. The summed E-state index contributed by atoms with van der Waals surface area (Å²) in [5.41, 5.74) is 0. The number of carbonyl (C=O) groups is 1. The van der Waals surface area contributed by atoms with Crippen LogP contribution in [-0.2, 0) is 4.74 Å². The second kappa shape index (κ2) is 48.8. The molecular formula is C55H110NO2+. The normalized spacial score (nSPS) is 12.8. The topological polar surface area (TPSA) is 26.3 Å². The Morgan fingerprint density at radius 1 is 0.310 bits per heavy atom. The van der Waals surface area contributed by atoms with Crippen LogP contribution in [0.25, 0.3) is 0 Å². The molecule has 0 radical (unpaired) electrons. The maximum Gasteiger partial charge on any atom is 0.516 e. The van der Waals surface area contributed by atoms with Gasteiger partial charge in [-0.25, -0.2) is 4.48 Å². The molecule has 1 amide bonds. The van der Waals surface area contributed by atoms with Crippen molar-refractivity contribution < 1.29 is 14.0 Å². The Bertz CT molecular complexity index is 810. The van der Waals surface area contributed by atoms with Gasteiger partial charge in [-0.1, -0.05) is 251 Å². The second-order valence-electron chi connectivity index (χ2n) is 18.9. The van der Waals surface area contributed by atoms with E-state index in [2.05, 4.69) is 32.9 Å². The van der Waals surface area contributed by atoms with Gasteiger partial charge in [0, 0.05) is 0 Å². The van der Waals surface area contributed by atoms with Gasteiger partial charge in [-0.05, 0) is 71.1 Å². The Labute approximate surface area is 367 Å². The highest BCUT2D eigenvalue weighted by Gasteiger charge is 2.37. The fourth-order valence-corrected chi connectivity index (χ4v) is 9.10. The van der Waals surface area contributed by atoms with Gasteiger partial charge < -0.3 is 4.74 Å². The Morgan fingerprint density at radius 2 is 0.517 bits per heavy atom. The molecule has 0 aromatic rings. The van der Waals surface area contributed by atoms with E-state index in [1.54, 1.807) is 0 Å². The van der Waals surface area contributed by atoms with Gasteiger partial charge >= 0.3 is 6.09 Å². The van der Waals surface area contributed by atoms with Crippen LogP contribution in [0.2, 0.25) is 0 Å². The van der Waals surface area contributed by atoms with Crippen molar-refractivity contribution in [1.29, 1.82) is 0 Å². The highest BCUT2D eigenvalue weighted by Crippen LogP contribution is 2.22. The third-order valence-corrected chi connectivity index (χ3v) is 13.1. The van der Waals surface area contributed by atoms with Crippen LogP contribution < -0.4 is 0 Å². The third kappa shape index (κ3) is 40.6. The zero-order chi connectivity index (χ0) is 42.1. The Balaban J connectivity index is 4.58. The van der Waals surface area contributed by atoms with Crippen LogP contribution in [0.1, 0.15) is 310 Å². The zero-order valence-corrected chi connectivity index (χ0v) is 40.9. The van der Waals surface area contributed by atoms with Crippen molar-refractivity contribution >= 4 is 6.09 Å². The summed E-state index contributed by atoms with van der Waals surface area (Å²) >= 11 is 0. The molecule has 0 aromatic carbocycles. The van der Waals surface area contributed by atoms with Crippen molar-refractivity contribution in [2.75, 3.05) is 26.2 Å². The average Bonchev–Trinajstić information content (AvgIpc) is 3.23. The Morgan fingerprint density at radius 3 is 0.741 bits per heavy atom. The molecule has 0 aliphatic rings. The molecule has 346 valence electrons. The lowest BCUT2D eigenvalue weighted by molar-refractivity contribution is -0.858. The fourth-order valence-electron chi connectivity index (χ4n) is 9.10. The summed E-state index contributed by atoms with van der Waals surface area (Å²) in [7, 11) is 0. The molecule has 0 saturated carbocycles. The lowest BCUT2D eigenvalue weighted by atomic mass is 10.0. The first-order valence-corrected chi connectivity index (χ1v) is 27.3. The number of unbranched alkanes of at least 4 members (excludes halogenated alkanes) is 40. The lowest BCUT2D eigenvalue weighted by Gasteiger charge is -2.35. The van der Waals surface area contributed by atoms with Crippen LogP contribution in [0.4, 0.5) is 4.79 Å². The van der Waals surface area contributed by atoms with E-state index in [9.17, 15) is 4.79 Å². The van der Waals surface area contributed by atoms with E-state index in [4.69, 9.17) is 4.74 Å². The van der Waals surface area contributed by atoms with E-state index in [1.807, 2.05) is 6.92 Å². The number of carbonyl (C=O) groups excluding carboxylic acids is 1. The van der Waals surface area contributed by atoms with Gasteiger partial charge in [-0.2, -0.15) is 4.79 Å². The van der Waals surface area contributed by atoms with E-state index in [0.29, 0.717) is 11.1 Å². The summed E-state index contributed by atoms with van der Waals surface area (Å²) in [5.74, 6) is 0. The molecule has 0 saturated heterocycles. The number of quaternary nitrogens is 1. The number of hydrogen-bond donors (Lipinski definition) is 0. The standard InChI is InChI=1S/C55H110NO2/c1-5-9-12-15-18-21-24-27-30-32-35-38-41-44-47-50-53-56(55(57)58-8-4,52-49-46-43-40-37-34-29-26-23-20-17-14-11-7-3)54-51-48-45-42-39-36-33-31-28-25-22-19-16-13-10-6-2/h27,30H,5-26,28-29,31-54H2,1-4H3/q+1. The van der Waals surface area contributed by atoms with Crippen molar-refractivity contribution in [2.45, 2.75) is 310 Å². The van der Waals surface area contributed by atoms with Gasteiger partial charge in [0.2, 0.25) is 0 Å². The van der Waals surface area contributed by atoms with Crippen LogP contribution in [0, 0.1) is 0 Å². The van der Waals surface area contributed by atoms with E-state index < -0.39 is 0 Å². The molecule has 0 fully saturated rings. The number of hydrogen-bond acceptors (Lipinski definition) is 2. The van der Waals surface area contributed by atoms with Crippen molar-refractivity contribution in [3.8, 4) is 0 Å². The van der Waals surface area contributed by atoms with Crippen LogP contribution in [0.3, 0.4) is 0 Å². The van der Waals surface area contributed by atoms with E-state index in [1.165, 1.54) is 276 Å². The molecule has 0 aromatic heterocycles. The molecule has 3 nitrogen and oxygen atoms in total. The Hall–Kier alpha value is -0.830. The fraction of sp³-hybridized carbons (Fsp3) is 0.945. The third-order valence-electron chi connectivity index (χ3n) is 13.1. The summed E-state index contributed by atoms with van der Waals surface area (Å²) < 4.78 is 6.45. The zero-order valence-electron chi connectivity index (χ0n) is 40.9. The molecule has 0 bridgehead atoms. The van der Waals surface area contributed by atoms with E-state index in [-0.39, 0.29) is 6.09 Å².